The normalized spacial score (nSPS) is 22.5. The highest BCUT2D eigenvalue weighted by Gasteiger charge is 2.29. The highest BCUT2D eigenvalue weighted by atomic mass is 32.2. The Morgan fingerprint density at radius 1 is 1.32 bits per heavy atom. The number of nitrogens with one attached hydrogen (secondary N) is 1. The lowest BCUT2D eigenvalue weighted by atomic mass is 10.1. The summed E-state index contributed by atoms with van der Waals surface area (Å²) < 4.78 is 39.2. The number of hydrogen-bond donors (Lipinski definition) is 1. The third-order valence-electron chi connectivity index (χ3n) is 4.09. The molecule has 2 aliphatic rings. The maximum atomic E-state index is 12.7. The minimum atomic E-state index is -3.61. The van der Waals surface area contributed by atoms with Gasteiger partial charge in [-0.15, -0.1) is 0 Å². The zero-order valence-corrected chi connectivity index (χ0v) is 13.6. The highest BCUT2D eigenvalue weighted by molar-refractivity contribution is 7.89. The van der Waals surface area contributed by atoms with Crippen molar-refractivity contribution in [3.63, 3.8) is 0 Å². The number of nitrogens with zero attached hydrogens (tertiary/aromatic N) is 1. The average Bonchev–Trinajstić information content (AvgIpc) is 2.54. The SMILES string of the molecule is CCN1CCC[C@H](NS(=O)(=O)c2cccc3c2OCCO3)C1. The fourth-order valence-corrected chi connectivity index (χ4v) is 4.40. The first kappa shape index (κ1) is 15.6. The zero-order chi connectivity index (χ0) is 15.6. The Labute approximate surface area is 131 Å². The van der Waals surface area contributed by atoms with Gasteiger partial charge in [0, 0.05) is 12.6 Å². The third-order valence-corrected chi connectivity index (χ3v) is 5.64. The number of sulfonamides is 1. The number of benzene rings is 1. The Morgan fingerprint density at radius 3 is 2.95 bits per heavy atom. The van der Waals surface area contributed by atoms with Crippen LogP contribution in [0.1, 0.15) is 19.8 Å². The van der Waals surface area contributed by atoms with Gasteiger partial charge in [0.15, 0.2) is 11.5 Å². The summed E-state index contributed by atoms with van der Waals surface area (Å²) in [6.07, 6.45) is 1.87. The van der Waals surface area contributed by atoms with Crippen LogP contribution in [-0.2, 0) is 10.0 Å². The molecule has 1 atom stereocenters. The van der Waals surface area contributed by atoms with Gasteiger partial charge < -0.3 is 14.4 Å². The maximum Gasteiger partial charge on any atom is 0.244 e. The maximum absolute atomic E-state index is 12.7. The molecule has 1 N–H and O–H groups in total. The number of hydrogen-bond acceptors (Lipinski definition) is 5. The topological polar surface area (TPSA) is 67.9 Å². The number of para-hydroxylation sites is 1. The van der Waals surface area contributed by atoms with E-state index >= 15 is 0 Å². The van der Waals surface area contributed by atoms with E-state index in [0.29, 0.717) is 24.7 Å². The van der Waals surface area contributed by atoms with E-state index in [9.17, 15) is 8.42 Å². The summed E-state index contributed by atoms with van der Waals surface area (Å²) >= 11 is 0. The van der Waals surface area contributed by atoms with E-state index in [2.05, 4.69) is 16.5 Å². The lowest BCUT2D eigenvalue weighted by molar-refractivity contribution is 0.166. The van der Waals surface area contributed by atoms with Crippen molar-refractivity contribution in [3.05, 3.63) is 18.2 Å². The van der Waals surface area contributed by atoms with Gasteiger partial charge >= 0.3 is 0 Å². The standard InChI is InChI=1S/C15H22N2O4S/c1-2-17-8-4-5-12(11-17)16-22(18,19)14-7-3-6-13-15(14)21-10-9-20-13/h3,6-7,12,16H,2,4-5,8-11H2,1H3/t12-/m0/s1. The molecule has 1 fully saturated rings. The van der Waals surface area contributed by atoms with E-state index in [4.69, 9.17) is 9.47 Å². The van der Waals surface area contributed by atoms with Gasteiger partial charge in [0.2, 0.25) is 10.0 Å². The molecule has 0 aromatic heterocycles. The summed E-state index contributed by atoms with van der Waals surface area (Å²) in [5.41, 5.74) is 0. The van der Waals surface area contributed by atoms with Crippen molar-refractivity contribution in [2.75, 3.05) is 32.8 Å². The van der Waals surface area contributed by atoms with Gasteiger partial charge in [-0.1, -0.05) is 13.0 Å². The molecule has 7 heteroatoms. The molecular weight excluding hydrogens is 304 g/mol. The second kappa shape index (κ2) is 6.44. The lowest BCUT2D eigenvalue weighted by Gasteiger charge is -2.32. The largest absolute Gasteiger partial charge is 0.486 e. The molecule has 3 rings (SSSR count). The van der Waals surface area contributed by atoms with Gasteiger partial charge in [-0.25, -0.2) is 13.1 Å². The lowest BCUT2D eigenvalue weighted by Crippen LogP contribution is -2.47. The number of fused-ring (bicyclic) bond motifs is 1. The van der Waals surface area contributed by atoms with Crippen LogP contribution >= 0.6 is 0 Å². The molecular formula is C15H22N2O4S. The van der Waals surface area contributed by atoms with Crippen molar-refractivity contribution in [3.8, 4) is 11.5 Å². The van der Waals surface area contributed by atoms with Crippen molar-refractivity contribution in [2.45, 2.75) is 30.7 Å². The van der Waals surface area contributed by atoms with Crippen LogP contribution in [0.2, 0.25) is 0 Å². The van der Waals surface area contributed by atoms with Crippen LogP contribution in [0.5, 0.6) is 11.5 Å². The van der Waals surface area contributed by atoms with Crippen LogP contribution in [0, 0.1) is 0 Å². The minimum Gasteiger partial charge on any atom is -0.486 e. The average molecular weight is 326 g/mol. The summed E-state index contributed by atoms with van der Waals surface area (Å²) in [6, 6.07) is 4.92. The van der Waals surface area contributed by atoms with Gasteiger partial charge in [0.1, 0.15) is 18.1 Å². The predicted molar refractivity (Wildman–Crippen MR) is 82.9 cm³/mol. The van der Waals surface area contributed by atoms with E-state index in [0.717, 1.165) is 32.5 Å². The molecule has 0 unspecified atom stereocenters. The number of rotatable bonds is 4. The Kier molecular flexibility index (Phi) is 4.56. The predicted octanol–water partition coefficient (Wildman–Crippen LogP) is 1.22. The number of ether oxygens (including phenoxy) is 2. The van der Waals surface area contributed by atoms with Crippen LogP contribution in [0.15, 0.2) is 23.1 Å². The molecule has 122 valence electrons. The molecule has 0 aliphatic carbocycles. The van der Waals surface area contributed by atoms with E-state index < -0.39 is 10.0 Å². The number of likely N-dealkylation sites (tertiary alicyclic amines) is 1. The van der Waals surface area contributed by atoms with Gasteiger partial charge in [0.05, 0.1) is 0 Å². The van der Waals surface area contributed by atoms with Crippen molar-refractivity contribution >= 4 is 10.0 Å². The van der Waals surface area contributed by atoms with Crippen molar-refractivity contribution < 1.29 is 17.9 Å². The van der Waals surface area contributed by atoms with E-state index in [1.807, 2.05) is 0 Å². The van der Waals surface area contributed by atoms with E-state index in [1.54, 1.807) is 18.2 Å². The minimum absolute atomic E-state index is 0.0564. The second-order valence-corrected chi connectivity index (χ2v) is 7.32. The molecule has 1 aromatic carbocycles. The summed E-state index contributed by atoms with van der Waals surface area (Å²) in [5.74, 6) is 0.817. The number of piperidine rings is 1. The van der Waals surface area contributed by atoms with E-state index in [1.165, 1.54) is 0 Å². The van der Waals surface area contributed by atoms with Crippen molar-refractivity contribution in [1.82, 2.24) is 9.62 Å². The summed E-state index contributed by atoms with van der Waals surface area (Å²) in [5, 5.41) is 0. The van der Waals surface area contributed by atoms with Gasteiger partial charge in [0.25, 0.3) is 0 Å². The first-order chi connectivity index (χ1) is 10.6. The van der Waals surface area contributed by atoms with Gasteiger partial charge in [-0.2, -0.15) is 0 Å². The molecule has 0 radical (unpaired) electrons. The Hall–Kier alpha value is -1.31. The van der Waals surface area contributed by atoms with Crippen LogP contribution in [0.25, 0.3) is 0 Å². The molecule has 2 aliphatic heterocycles. The fourth-order valence-electron chi connectivity index (χ4n) is 2.98. The zero-order valence-electron chi connectivity index (χ0n) is 12.7. The Bertz CT molecular complexity index is 632. The molecule has 6 nitrogen and oxygen atoms in total. The molecule has 0 bridgehead atoms. The highest BCUT2D eigenvalue weighted by Crippen LogP contribution is 2.36. The molecule has 1 aromatic rings. The van der Waals surface area contributed by atoms with Crippen molar-refractivity contribution in [2.24, 2.45) is 0 Å². The summed E-state index contributed by atoms with van der Waals surface area (Å²) in [6.45, 7) is 5.63. The summed E-state index contributed by atoms with van der Waals surface area (Å²) in [4.78, 5) is 2.43. The number of likely N-dealkylation sites (N-methyl/N-ethyl adjacent to an activating group) is 1. The molecule has 0 saturated carbocycles. The van der Waals surface area contributed by atoms with Crippen LogP contribution in [-0.4, -0.2) is 52.2 Å². The fraction of sp³-hybridized carbons (Fsp3) is 0.600. The first-order valence-corrected chi connectivity index (χ1v) is 9.22. The van der Waals surface area contributed by atoms with Crippen LogP contribution in [0.3, 0.4) is 0 Å². The van der Waals surface area contributed by atoms with Gasteiger partial charge in [-0.3, -0.25) is 0 Å². The second-order valence-electron chi connectivity index (χ2n) is 5.63. The smallest absolute Gasteiger partial charge is 0.244 e. The van der Waals surface area contributed by atoms with Crippen LogP contribution in [0.4, 0.5) is 0 Å². The van der Waals surface area contributed by atoms with E-state index in [-0.39, 0.29) is 10.9 Å². The third kappa shape index (κ3) is 3.21. The van der Waals surface area contributed by atoms with Gasteiger partial charge in [-0.05, 0) is 38.1 Å². The first-order valence-electron chi connectivity index (χ1n) is 7.73. The summed E-state index contributed by atoms with van der Waals surface area (Å²) in [7, 11) is -3.61. The molecule has 22 heavy (non-hydrogen) atoms. The van der Waals surface area contributed by atoms with Crippen LogP contribution < -0.4 is 14.2 Å². The molecule has 2 heterocycles. The van der Waals surface area contributed by atoms with Crippen molar-refractivity contribution in [1.29, 1.82) is 0 Å². The molecule has 0 spiro atoms. The Balaban J connectivity index is 1.81. The quantitative estimate of drug-likeness (QED) is 0.901. The Morgan fingerprint density at radius 2 is 2.14 bits per heavy atom. The molecule has 0 amide bonds. The monoisotopic (exact) mass is 326 g/mol. The molecule has 1 saturated heterocycles.